The summed E-state index contributed by atoms with van der Waals surface area (Å²) in [5, 5.41) is 9.96. The van der Waals surface area contributed by atoms with Gasteiger partial charge < -0.3 is 14.6 Å². The fourth-order valence-electron chi connectivity index (χ4n) is 4.64. The molecule has 2 aliphatic rings. The van der Waals surface area contributed by atoms with Crippen molar-refractivity contribution in [3.05, 3.63) is 108 Å². The Morgan fingerprint density at radius 1 is 1.12 bits per heavy atom. The molecule has 40 heavy (non-hydrogen) atoms. The molecule has 0 aliphatic heterocycles. The molecule has 2 atom stereocenters. The number of ether oxygens (including phenoxy) is 2. The first-order valence-corrected chi connectivity index (χ1v) is 13.7. The fourth-order valence-corrected chi connectivity index (χ4v) is 4.64. The second kappa shape index (κ2) is 16.4. The van der Waals surface area contributed by atoms with Gasteiger partial charge in [-0.2, -0.15) is 4.39 Å². The van der Waals surface area contributed by atoms with Crippen molar-refractivity contribution in [3.8, 4) is 0 Å². The van der Waals surface area contributed by atoms with Crippen molar-refractivity contribution in [2.45, 2.75) is 59.0 Å². The van der Waals surface area contributed by atoms with Gasteiger partial charge in [0.25, 0.3) is 0 Å². The zero-order valence-corrected chi connectivity index (χ0v) is 23.8. The van der Waals surface area contributed by atoms with Crippen molar-refractivity contribution in [3.63, 3.8) is 0 Å². The van der Waals surface area contributed by atoms with E-state index in [0.29, 0.717) is 37.7 Å². The molecule has 0 spiro atoms. The molecular formula is C33H42F4O3. The van der Waals surface area contributed by atoms with Gasteiger partial charge in [0.1, 0.15) is 19.0 Å². The molecule has 0 aromatic carbocycles. The zero-order chi connectivity index (χ0) is 29.7. The van der Waals surface area contributed by atoms with Gasteiger partial charge in [0.2, 0.25) is 0 Å². The average Bonchev–Trinajstić information content (AvgIpc) is 2.94. The number of hydrogen-bond acceptors (Lipinski definition) is 3. The highest BCUT2D eigenvalue weighted by molar-refractivity contribution is 5.39. The number of halogens is 4. The second-order valence-electron chi connectivity index (χ2n) is 10.6. The van der Waals surface area contributed by atoms with E-state index in [0.717, 1.165) is 12.5 Å². The lowest BCUT2D eigenvalue weighted by Gasteiger charge is -2.30. The molecular weight excluding hydrogens is 520 g/mol. The smallest absolute Gasteiger partial charge is 0.198 e. The largest absolute Gasteiger partial charge is 0.486 e. The highest BCUT2D eigenvalue weighted by atomic mass is 19.2. The topological polar surface area (TPSA) is 38.7 Å². The first-order chi connectivity index (χ1) is 19.0. The van der Waals surface area contributed by atoms with Crippen LogP contribution in [-0.4, -0.2) is 31.0 Å². The van der Waals surface area contributed by atoms with E-state index in [9.17, 15) is 22.7 Å². The van der Waals surface area contributed by atoms with Gasteiger partial charge in [0.05, 0.1) is 6.10 Å². The van der Waals surface area contributed by atoms with E-state index in [1.807, 2.05) is 31.2 Å². The molecule has 0 radical (unpaired) electrons. The summed E-state index contributed by atoms with van der Waals surface area (Å²) < 4.78 is 67.9. The number of hydrogen-bond donors (Lipinski definition) is 1. The SMILES string of the molecule is C=C/C=C(OCC=C)\C(F)=C(\F)COCC1CCC(C(=C/C=C/C2=CC[C@@](C)(C(C)O)C=C2)/C(F)=C(\C)F)CC1. The van der Waals surface area contributed by atoms with Gasteiger partial charge in [-0.1, -0.05) is 68.7 Å². The Labute approximate surface area is 236 Å². The summed E-state index contributed by atoms with van der Waals surface area (Å²) in [6.07, 6.45) is 17.9. The lowest BCUT2D eigenvalue weighted by molar-refractivity contribution is 0.0846. The van der Waals surface area contributed by atoms with Crippen molar-refractivity contribution >= 4 is 0 Å². The summed E-state index contributed by atoms with van der Waals surface area (Å²) in [7, 11) is 0. The predicted molar refractivity (Wildman–Crippen MR) is 154 cm³/mol. The van der Waals surface area contributed by atoms with E-state index in [4.69, 9.17) is 9.47 Å². The van der Waals surface area contributed by atoms with Crippen LogP contribution in [0.2, 0.25) is 0 Å². The van der Waals surface area contributed by atoms with Crippen LogP contribution in [0, 0.1) is 17.3 Å². The average molecular weight is 563 g/mol. The summed E-state index contributed by atoms with van der Waals surface area (Å²) in [5.41, 5.74) is 0.942. The predicted octanol–water partition coefficient (Wildman–Crippen LogP) is 9.16. The fraction of sp³-hybridized carbons (Fsp3) is 0.455. The van der Waals surface area contributed by atoms with Crippen LogP contribution in [0.25, 0.3) is 0 Å². The van der Waals surface area contributed by atoms with Crippen LogP contribution in [0.3, 0.4) is 0 Å². The van der Waals surface area contributed by atoms with Crippen molar-refractivity contribution in [1.82, 2.24) is 0 Å². The number of rotatable bonds is 14. The van der Waals surface area contributed by atoms with Crippen LogP contribution in [0.5, 0.6) is 0 Å². The Balaban J connectivity index is 1.96. The maximum Gasteiger partial charge on any atom is 0.198 e. The van der Waals surface area contributed by atoms with E-state index < -0.39 is 36.0 Å². The molecule has 1 saturated carbocycles. The highest BCUT2D eigenvalue weighted by Gasteiger charge is 2.28. The van der Waals surface area contributed by atoms with Crippen LogP contribution in [-0.2, 0) is 9.47 Å². The van der Waals surface area contributed by atoms with Crippen LogP contribution in [0.15, 0.2) is 108 Å². The summed E-state index contributed by atoms with van der Waals surface area (Å²) in [4.78, 5) is 0. The standard InChI is InChI=1S/C33H42F4O3/c1-6-9-30(40-20-7-2)32(37)29(35)22-39-21-26-12-14-27(15-13-26)28(31(36)23(3)34)11-8-10-25-16-18-33(5,19-17-25)24(4)38/h6-11,16-18,24,26-27,38H,1-2,12-15,19-22H2,3-5H3/b10-8+,28-11-,30-9+,31-23-,32-29-/t24?,26?,27?,33-/m0/s1. The molecule has 0 saturated heterocycles. The quantitative estimate of drug-likeness (QED) is 0.0993. The Morgan fingerprint density at radius 2 is 1.82 bits per heavy atom. The summed E-state index contributed by atoms with van der Waals surface area (Å²) in [5.74, 6) is -4.27. The monoisotopic (exact) mass is 562 g/mol. The van der Waals surface area contributed by atoms with Gasteiger partial charge in [-0.15, -0.1) is 0 Å². The molecule has 0 bridgehead atoms. The minimum absolute atomic E-state index is 0.0206. The molecule has 3 nitrogen and oxygen atoms in total. The molecule has 0 aromatic heterocycles. The van der Waals surface area contributed by atoms with E-state index in [2.05, 4.69) is 13.2 Å². The zero-order valence-electron chi connectivity index (χ0n) is 23.8. The van der Waals surface area contributed by atoms with Gasteiger partial charge in [0, 0.05) is 12.0 Å². The van der Waals surface area contributed by atoms with E-state index in [-0.39, 0.29) is 36.2 Å². The van der Waals surface area contributed by atoms with E-state index in [1.165, 1.54) is 18.2 Å². The maximum atomic E-state index is 14.8. The van der Waals surface area contributed by atoms with E-state index >= 15 is 0 Å². The van der Waals surface area contributed by atoms with Crippen LogP contribution >= 0.6 is 0 Å². The number of aliphatic hydroxyl groups is 1. The molecule has 0 amide bonds. The summed E-state index contributed by atoms with van der Waals surface area (Å²) >= 11 is 0. The summed E-state index contributed by atoms with van der Waals surface area (Å²) in [6.45, 7) is 11.5. The lowest BCUT2D eigenvalue weighted by Crippen LogP contribution is -2.28. The summed E-state index contributed by atoms with van der Waals surface area (Å²) in [6, 6.07) is 0. The third-order valence-electron chi connectivity index (χ3n) is 7.46. The van der Waals surface area contributed by atoms with E-state index in [1.54, 1.807) is 19.1 Å². The molecule has 0 heterocycles. The van der Waals surface area contributed by atoms with Gasteiger partial charge in [-0.25, -0.2) is 13.2 Å². The van der Waals surface area contributed by atoms with Crippen LogP contribution in [0.4, 0.5) is 17.6 Å². The first-order valence-electron chi connectivity index (χ1n) is 13.7. The number of allylic oxidation sites excluding steroid dienone is 12. The third kappa shape index (κ3) is 9.93. The van der Waals surface area contributed by atoms with Crippen molar-refractivity contribution < 1.29 is 32.1 Å². The molecule has 1 fully saturated rings. The lowest BCUT2D eigenvalue weighted by atomic mass is 9.77. The van der Waals surface area contributed by atoms with Crippen molar-refractivity contribution in [2.75, 3.05) is 19.8 Å². The minimum Gasteiger partial charge on any atom is -0.486 e. The molecule has 7 heteroatoms. The van der Waals surface area contributed by atoms with Gasteiger partial charge in [-0.05, 0) is 75.0 Å². The Hall–Kier alpha value is -2.90. The van der Waals surface area contributed by atoms with Gasteiger partial charge in [-0.3, -0.25) is 0 Å². The molecule has 0 aromatic rings. The minimum atomic E-state index is -1.14. The second-order valence-corrected chi connectivity index (χ2v) is 10.6. The molecule has 1 unspecified atom stereocenters. The van der Waals surface area contributed by atoms with Gasteiger partial charge in [0.15, 0.2) is 23.2 Å². The van der Waals surface area contributed by atoms with Crippen molar-refractivity contribution in [2.24, 2.45) is 17.3 Å². The number of aliphatic hydroxyl groups excluding tert-OH is 1. The Bertz CT molecular complexity index is 1090. The Kier molecular flexibility index (Phi) is 13.6. The molecule has 2 aliphatic carbocycles. The Morgan fingerprint density at radius 3 is 2.38 bits per heavy atom. The highest BCUT2D eigenvalue weighted by Crippen LogP contribution is 2.38. The van der Waals surface area contributed by atoms with Crippen LogP contribution in [0.1, 0.15) is 52.9 Å². The molecule has 2 rings (SSSR count). The molecule has 220 valence electrons. The third-order valence-corrected chi connectivity index (χ3v) is 7.46. The first kappa shape index (κ1) is 33.3. The van der Waals surface area contributed by atoms with Gasteiger partial charge >= 0.3 is 0 Å². The van der Waals surface area contributed by atoms with Crippen molar-refractivity contribution in [1.29, 1.82) is 0 Å². The molecule has 1 N–H and O–H groups in total. The normalized spacial score (nSPS) is 26.1. The van der Waals surface area contributed by atoms with Crippen LogP contribution < -0.4 is 0 Å². The maximum absolute atomic E-state index is 14.8.